The molecule has 0 aliphatic carbocycles. The molecule has 0 aliphatic heterocycles. The first kappa shape index (κ1) is 15.2. The second kappa shape index (κ2) is 5.85. The Labute approximate surface area is 111 Å². The fraction of sp³-hybridized carbons (Fsp3) is 0.786. The zero-order valence-electron chi connectivity index (χ0n) is 12.9. The van der Waals surface area contributed by atoms with E-state index in [1.165, 1.54) is 11.3 Å². The molecular formula is C14H28N4. The molecule has 1 atom stereocenters. The highest BCUT2D eigenvalue weighted by Crippen LogP contribution is 2.23. The van der Waals surface area contributed by atoms with Gasteiger partial charge in [-0.15, -0.1) is 0 Å². The van der Waals surface area contributed by atoms with Crippen LogP contribution in [0, 0.1) is 0 Å². The normalized spacial score (nSPS) is 14.2. The van der Waals surface area contributed by atoms with Crippen LogP contribution < -0.4 is 5.32 Å². The van der Waals surface area contributed by atoms with Gasteiger partial charge in [-0.2, -0.15) is 5.10 Å². The summed E-state index contributed by atoms with van der Waals surface area (Å²) >= 11 is 0. The summed E-state index contributed by atoms with van der Waals surface area (Å²) in [5.74, 6) is 0. The van der Waals surface area contributed by atoms with Gasteiger partial charge in [-0.3, -0.25) is 4.68 Å². The van der Waals surface area contributed by atoms with Gasteiger partial charge in [0, 0.05) is 43.4 Å². The Balaban J connectivity index is 2.63. The van der Waals surface area contributed by atoms with Gasteiger partial charge in [-0.05, 0) is 21.0 Å². The fourth-order valence-corrected chi connectivity index (χ4v) is 1.90. The van der Waals surface area contributed by atoms with E-state index in [-0.39, 0.29) is 5.41 Å². The van der Waals surface area contributed by atoms with Gasteiger partial charge in [0.05, 0.1) is 5.69 Å². The number of hydrogen-bond acceptors (Lipinski definition) is 3. The van der Waals surface area contributed by atoms with E-state index in [2.05, 4.69) is 63.3 Å². The Morgan fingerprint density at radius 3 is 2.50 bits per heavy atom. The van der Waals surface area contributed by atoms with Crippen molar-refractivity contribution in [1.82, 2.24) is 20.0 Å². The molecule has 0 saturated carbocycles. The van der Waals surface area contributed by atoms with Crippen LogP contribution in [0.1, 0.15) is 39.0 Å². The molecule has 1 unspecified atom stereocenters. The lowest BCUT2D eigenvalue weighted by molar-refractivity contribution is 0.302. The maximum Gasteiger partial charge on any atom is 0.0722 e. The smallest absolute Gasteiger partial charge is 0.0722 e. The van der Waals surface area contributed by atoms with Crippen molar-refractivity contribution in [3.63, 3.8) is 0 Å². The van der Waals surface area contributed by atoms with Crippen molar-refractivity contribution in [3.05, 3.63) is 17.5 Å². The Kier molecular flexibility index (Phi) is 4.93. The Morgan fingerprint density at radius 2 is 2.00 bits per heavy atom. The predicted octanol–water partition coefficient (Wildman–Crippen LogP) is 1.76. The summed E-state index contributed by atoms with van der Waals surface area (Å²) in [6.07, 6.45) is 2.12. The summed E-state index contributed by atoms with van der Waals surface area (Å²) in [7, 11) is 6.20. The molecule has 0 aliphatic rings. The third kappa shape index (κ3) is 4.10. The van der Waals surface area contributed by atoms with E-state index in [1.807, 2.05) is 11.7 Å². The topological polar surface area (TPSA) is 33.1 Å². The van der Waals surface area contributed by atoms with Crippen molar-refractivity contribution < 1.29 is 0 Å². The van der Waals surface area contributed by atoms with Crippen LogP contribution >= 0.6 is 0 Å². The maximum absolute atomic E-state index is 4.58. The highest BCUT2D eigenvalue weighted by molar-refractivity contribution is 5.23. The van der Waals surface area contributed by atoms with Gasteiger partial charge in [0.1, 0.15) is 0 Å². The molecule has 1 rings (SSSR count). The van der Waals surface area contributed by atoms with Crippen molar-refractivity contribution in [2.45, 2.75) is 45.7 Å². The summed E-state index contributed by atoms with van der Waals surface area (Å²) in [6, 6.07) is 0.541. The van der Waals surface area contributed by atoms with Crippen LogP contribution in [-0.2, 0) is 19.0 Å². The lowest BCUT2D eigenvalue weighted by atomic mass is 9.89. The zero-order valence-corrected chi connectivity index (χ0v) is 12.9. The number of likely N-dealkylation sites (N-methyl/N-ethyl adjacent to an activating group) is 1. The summed E-state index contributed by atoms with van der Waals surface area (Å²) in [5.41, 5.74) is 2.59. The molecule has 104 valence electrons. The molecule has 1 aromatic rings. The van der Waals surface area contributed by atoms with Crippen molar-refractivity contribution in [3.8, 4) is 0 Å². The second-order valence-electron chi connectivity index (χ2n) is 6.37. The second-order valence-corrected chi connectivity index (χ2v) is 6.37. The third-order valence-corrected chi connectivity index (χ3v) is 3.25. The van der Waals surface area contributed by atoms with Gasteiger partial charge in [0.15, 0.2) is 0 Å². The molecule has 18 heavy (non-hydrogen) atoms. The van der Waals surface area contributed by atoms with Crippen molar-refractivity contribution >= 4 is 0 Å². The van der Waals surface area contributed by atoms with Crippen LogP contribution in [0.5, 0.6) is 0 Å². The van der Waals surface area contributed by atoms with E-state index < -0.39 is 0 Å². The molecule has 1 N–H and O–H groups in total. The third-order valence-electron chi connectivity index (χ3n) is 3.25. The minimum absolute atomic E-state index is 0.103. The molecule has 0 fully saturated rings. The van der Waals surface area contributed by atoms with Gasteiger partial charge in [0.25, 0.3) is 0 Å². The summed E-state index contributed by atoms with van der Waals surface area (Å²) in [6.45, 7) is 10.7. The molecule has 0 radical (unpaired) electrons. The Bertz CT molecular complexity index is 374. The number of nitrogens with one attached hydrogen (secondary N) is 1. The fourth-order valence-electron chi connectivity index (χ4n) is 1.90. The van der Waals surface area contributed by atoms with Crippen molar-refractivity contribution in [2.24, 2.45) is 7.05 Å². The van der Waals surface area contributed by atoms with Crippen LogP contribution in [0.15, 0.2) is 6.20 Å². The van der Waals surface area contributed by atoms with Crippen LogP contribution in [0.3, 0.4) is 0 Å². The average molecular weight is 252 g/mol. The highest BCUT2D eigenvalue weighted by atomic mass is 15.3. The first-order valence-electron chi connectivity index (χ1n) is 6.62. The standard InChI is InChI=1S/C14H28N4/c1-11(17(5)6)8-15-9-12-10-18(7)16-13(12)14(2,3)4/h10-11,15H,8-9H2,1-7H3. The van der Waals surface area contributed by atoms with Crippen molar-refractivity contribution in [2.75, 3.05) is 20.6 Å². The number of nitrogens with zero attached hydrogens (tertiary/aromatic N) is 3. The van der Waals surface area contributed by atoms with E-state index >= 15 is 0 Å². The monoisotopic (exact) mass is 252 g/mol. The van der Waals surface area contributed by atoms with E-state index in [9.17, 15) is 0 Å². The summed E-state index contributed by atoms with van der Waals surface area (Å²) < 4.78 is 1.91. The van der Waals surface area contributed by atoms with Crippen LogP contribution in [0.4, 0.5) is 0 Å². The Hall–Kier alpha value is -0.870. The number of rotatable bonds is 5. The van der Waals surface area contributed by atoms with E-state index in [0.717, 1.165) is 13.1 Å². The number of hydrogen-bond donors (Lipinski definition) is 1. The minimum atomic E-state index is 0.103. The number of aryl methyl sites for hydroxylation is 1. The Morgan fingerprint density at radius 1 is 1.39 bits per heavy atom. The first-order chi connectivity index (χ1) is 8.21. The van der Waals surface area contributed by atoms with Gasteiger partial charge < -0.3 is 10.2 Å². The van der Waals surface area contributed by atoms with E-state index in [0.29, 0.717) is 6.04 Å². The van der Waals surface area contributed by atoms with Gasteiger partial charge >= 0.3 is 0 Å². The zero-order chi connectivity index (χ0) is 13.9. The average Bonchev–Trinajstić information content (AvgIpc) is 2.59. The SMILES string of the molecule is CC(CNCc1cn(C)nc1C(C)(C)C)N(C)C. The molecule has 0 bridgehead atoms. The highest BCUT2D eigenvalue weighted by Gasteiger charge is 2.21. The minimum Gasteiger partial charge on any atom is -0.311 e. The van der Waals surface area contributed by atoms with E-state index in [1.54, 1.807) is 0 Å². The molecule has 0 saturated heterocycles. The molecule has 1 heterocycles. The molecular weight excluding hydrogens is 224 g/mol. The largest absolute Gasteiger partial charge is 0.311 e. The number of aromatic nitrogens is 2. The quantitative estimate of drug-likeness (QED) is 0.867. The lowest BCUT2D eigenvalue weighted by Gasteiger charge is -2.21. The lowest BCUT2D eigenvalue weighted by Crippen LogP contribution is -2.35. The van der Waals surface area contributed by atoms with Gasteiger partial charge in [-0.25, -0.2) is 0 Å². The molecule has 0 spiro atoms. The van der Waals surface area contributed by atoms with E-state index in [4.69, 9.17) is 0 Å². The van der Waals surface area contributed by atoms with Gasteiger partial charge in [-0.1, -0.05) is 20.8 Å². The van der Waals surface area contributed by atoms with Crippen LogP contribution in [0.2, 0.25) is 0 Å². The summed E-state index contributed by atoms with van der Waals surface area (Å²) in [5, 5.41) is 8.09. The van der Waals surface area contributed by atoms with Crippen LogP contribution in [0.25, 0.3) is 0 Å². The predicted molar refractivity (Wildman–Crippen MR) is 76.8 cm³/mol. The van der Waals surface area contributed by atoms with Gasteiger partial charge in [0.2, 0.25) is 0 Å². The van der Waals surface area contributed by atoms with Crippen molar-refractivity contribution in [1.29, 1.82) is 0 Å². The molecule has 0 amide bonds. The first-order valence-corrected chi connectivity index (χ1v) is 6.62. The maximum atomic E-state index is 4.58. The molecule has 4 nitrogen and oxygen atoms in total. The van der Waals surface area contributed by atoms with Crippen LogP contribution in [-0.4, -0.2) is 41.4 Å². The molecule has 0 aromatic carbocycles. The molecule has 1 aromatic heterocycles. The summed E-state index contributed by atoms with van der Waals surface area (Å²) in [4.78, 5) is 2.22. The molecule has 4 heteroatoms.